The van der Waals surface area contributed by atoms with E-state index in [2.05, 4.69) is 38.3 Å². The maximum atomic E-state index is 13.4. The number of likely N-dealkylation sites (N-methyl/N-ethyl adjacent to an activating group) is 1. The number of amides is 1. The number of rotatable bonds is 4. The molecule has 144 valence electrons. The highest BCUT2D eigenvalue weighted by molar-refractivity contribution is 7.09. The van der Waals surface area contributed by atoms with Crippen LogP contribution in [0.25, 0.3) is 0 Å². The summed E-state index contributed by atoms with van der Waals surface area (Å²) in [5.74, 6) is 0.280. The number of hydrogen-bond acceptors (Lipinski definition) is 6. The lowest BCUT2D eigenvalue weighted by Gasteiger charge is -2.51. The van der Waals surface area contributed by atoms with Crippen molar-refractivity contribution < 1.29 is 4.79 Å². The highest BCUT2D eigenvalue weighted by atomic mass is 32.1. The summed E-state index contributed by atoms with van der Waals surface area (Å²) in [5, 5.41) is 3.13. The summed E-state index contributed by atoms with van der Waals surface area (Å²) in [4.78, 5) is 28.9. The van der Waals surface area contributed by atoms with Crippen LogP contribution in [0.3, 0.4) is 0 Å². The Bertz CT molecular complexity index is 785. The molecule has 0 radical (unpaired) electrons. The van der Waals surface area contributed by atoms with E-state index in [1.54, 1.807) is 11.3 Å². The molecule has 4 heterocycles. The van der Waals surface area contributed by atoms with E-state index in [-0.39, 0.29) is 11.4 Å². The SMILES string of the molecule is Cc1nc(CN2CCN(C)C3(CCN(Cc4cccnc4)CC3)C2=O)cs1. The Hall–Kier alpha value is -1.83. The number of carbonyl (C=O) groups excluding carboxylic acids is 1. The Morgan fingerprint density at radius 1 is 1.19 bits per heavy atom. The Morgan fingerprint density at radius 2 is 2.00 bits per heavy atom. The van der Waals surface area contributed by atoms with Gasteiger partial charge in [-0.3, -0.25) is 19.6 Å². The van der Waals surface area contributed by atoms with Crippen LogP contribution in [-0.4, -0.2) is 69.3 Å². The van der Waals surface area contributed by atoms with Gasteiger partial charge in [0.15, 0.2) is 0 Å². The number of likely N-dealkylation sites (tertiary alicyclic amines) is 1. The summed E-state index contributed by atoms with van der Waals surface area (Å²) in [6.45, 7) is 7.15. The van der Waals surface area contributed by atoms with E-state index in [1.807, 2.05) is 30.3 Å². The standard InChI is InChI=1S/C20H27N5OS/c1-16-22-18(15-27-16)14-25-11-10-23(2)20(19(25)26)5-8-24(9-6-20)13-17-4-3-7-21-12-17/h3-4,7,12,15H,5-6,8-11,13-14H2,1-2H3. The minimum atomic E-state index is -0.352. The molecule has 1 amide bonds. The van der Waals surface area contributed by atoms with Crippen molar-refractivity contribution in [2.45, 2.75) is 38.4 Å². The van der Waals surface area contributed by atoms with Crippen molar-refractivity contribution in [2.24, 2.45) is 0 Å². The van der Waals surface area contributed by atoms with Crippen molar-refractivity contribution >= 4 is 17.2 Å². The molecule has 6 nitrogen and oxygen atoms in total. The van der Waals surface area contributed by atoms with Gasteiger partial charge >= 0.3 is 0 Å². The van der Waals surface area contributed by atoms with E-state index in [9.17, 15) is 4.79 Å². The molecule has 2 aliphatic rings. The predicted molar refractivity (Wildman–Crippen MR) is 106 cm³/mol. The Morgan fingerprint density at radius 3 is 2.67 bits per heavy atom. The Kier molecular flexibility index (Phi) is 5.25. The van der Waals surface area contributed by atoms with Gasteiger partial charge in [-0.15, -0.1) is 11.3 Å². The van der Waals surface area contributed by atoms with Gasteiger partial charge in [0.05, 0.1) is 17.2 Å². The van der Waals surface area contributed by atoms with E-state index in [0.29, 0.717) is 6.54 Å². The van der Waals surface area contributed by atoms with Crippen LogP contribution in [0.4, 0.5) is 0 Å². The van der Waals surface area contributed by atoms with Crippen LogP contribution >= 0.6 is 11.3 Å². The van der Waals surface area contributed by atoms with Gasteiger partial charge in [-0.05, 0) is 38.4 Å². The fourth-order valence-corrected chi connectivity index (χ4v) is 4.90. The Labute approximate surface area is 164 Å². The molecular formula is C20H27N5OS. The second kappa shape index (κ2) is 7.66. The van der Waals surface area contributed by atoms with Gasteiger partial charge < -0.3 is 4.90 Å². The summed E-state index contributed by atoms with van der Waals surface area (Å²) < 4.78 is 0. The first-order chi connectivity index (χ1) is 13.1. The van der Waals surface area contributed by atoms with Gasteiger partial charge in [0.25, 0.3) is 0 Å². The van der Waals surface area contributed by atoms with Gasteiger partial charge in [-0.1, -0.05) is 6.07 Å². The van der Waals surface area contributed by atoms with E-state index in [1.165, 1.54) is 5.56 Å². The monoisotopic (exact) mass is 385 g/mol. The minimum Gasteiger partial charge on any atom is -0.334 e. The third-order valence-corrected chi connectivity index (χ3v) is 6.78. The molecule has 0 aromatic carbocycles. The number of thiazole rings is 1. The molecule has 2 aromatic heterocycles. The summed E-state index contributed by atoms with van der Waals surface area (Å²) in [6.07, 6.45) is 5.51. The second-order valence-electron chi connectivity index (χ2n) is 7.68. The lowest BCUT2D eigenvalue weighted by molar-refractivity contribution is -0.155. The van der Waals surface area contributed by atoms with E-state index in [0.717, 1.165) is 56.3 Å². The molecule has 2 fully saturated rings. The molecule has 0 N–H and O–H groups in total. The third-order valence-electron chi connectivity index (χ3n) is 5.95. The first-order valence-corrected chi connectivity index (χ1v) is 10.5. The first kappa shape index (κ1) is 18.5. The smallest absolute Gasteiger partial charge is 0.243 e. The molecule has 0 atom stereocenters. The topological polar surface area (TPSA) is 52.6 Å². The van der Waals surface area contributed by atoms with Crippen LogP contribution < -0.4 is 0 Å². The lowest BCUT2D eigenvalue weighted by Crippen LogP contribution is -2.67. The van der Waals surface area contributed by atoms with Crippen molar-refractivity contribution in [3.63, 3.8) is 0 Å². The van der Waals surface area contributed by atoms with Gasteiger partial charge in [0.1, 0.15) is 5.54 Å². The Balaban J connectivity index is 1.42. The molecule has 0 unspecified atom stereocenters. The fraction of sp³-hybridized carbons (Fsp3) is 0.550. The highest BCUT2D eigenvalue weighted by Gasteiger charge is 2.49. The minimum absolute atomic E-state index is 0.280. The molecule has 2 aliphatic heterocycles. The number of nitrogens with zero attached hydrogens (tertiary/aromatic N) is 5. The van der Waals surface area contributed by atoms with Crippen molar-refractivity contribution in [1.82, 2.24) is 24.7 Å². The third kappa shape index (κ3) is 3.77. The average molecular weight is 386 g/mol. The summed E-state index contributed by atoms with van der Waals surface area (Å²) in [6, 6.07) is 4.10. The zero-order valence-electron chi connectivity index (χ0n) is 16.1. The predicted octanol–water partition coefficient (Wildman–Crippen LogP) is 2.16. The van der Waals surface area contributed by atoms with Crippen LogP contribution in [-0.2, 0) is 17.9 Å². The van der Waals surface area contributed by atoms with Crippen molar-refractivity contribution in [2.75, 3.05) is 33.2 Å². The van der Waals surface area contributed by atoms with Gasteiger partial charge in [-0.25, -0.2) is 4.98 Å². The van der Waals surface area contributed by atoms with Crippen LogP contribution in [0.5, 0.6) is 0 Å². The number of piperidine rings is 1. The second-order valence-corrected chi connectivity index (χ2v) is 8.74. The van der Waals surface area contributed by atoms with Crippen molar-refractivity contribution in [1.29, 1.82) is 0 Å². The number of aromatic nitrogens is 2. The van der Waals surface area contributed by atoms with Gasteiger partial charge in [0.2, 0.25) is 5.91 Å². The van der Waals surface area contributed by atoms with Crippen LogP contribution in [0.2, 0.25) is 0 Å². The quantitative estimate of drug-likeness (QED) is 0.807. The largest absolute Gasteiger partial charge is 0.334 e. The zero-order valence-corrected chi connectivity index (χ0v) is 16.9. The number of piperazine rings is 1. The maximum absolute atomic E-state index is 13.4. The molecule has 0 aliphatic carbocycles. The lowest BCUT2D eigenvalue weighted by atomic mass is 9.82. The highest BCUT2D eigenvalue weighted by Crippen LogP contribution is 2.34. The molecular weight excluding hydrogens is 358 g/mol. The number of aryl methyl sites for hydroxylation is 1. The zero-order chi connectivity index (χ0) is 18.9. The van der Waals surface area contributed by atoms with E-state index >= 15 is 0 Å². The normalized spacial score (nSPS) is 21.1. The van der Waals surface area contributed by atoms with Gasteiger partial charge in [-0.2, -0.15) is 0 Å². The molecule has 0 saturated carbocycles. The summed E-state index contributed by atoms with van der Waals surface area (Å²) in [7, 11) is 2.11. The van der Waals surface area contributed by atoms with Crippen LogP contribution in [0.15, 0.2) is 29.9 Å². The summed E-state index contributed by atoms with van der Waals surface area (Å²) >= 11 is 1.65. The average Bonchev–Trinajstić information content (AvgIpc) is 3.09. The number of hydrogen-bond donors (Lipinski definition) is 0. The molecule has 4 rings (SSSR count). The van der Waals surface area contributed by atoms with Crippen molar-refractivity contribution in [3.8, 4) is 0 Å². The molecule has 1 spiro atoms. The van der Waals surface area contributed by atoms with E-state index < -0.39 is 0 Å². The molecule has 0 bridgehead atoms. The molecule has 27 heavy (non-hydrogen) atoms. The van der Waals surface area contributed by atoms with Gasteiger partial charge in [0, 0.05) is 50.5 Å². The van der Waals surface area contributed by atoms with E-state index in [4.69, 9.17) is 0 Å². The van der Waals surface area contributed by atoms with Crippen molar-refractivity contribution in [3.05, 3.63) is 46.2 Å². The molecule has 2 aromatic rings. The number of pyridine rings is 1. The first-order valence-electron chi connectivity index (χ1n) is 9.60. The molecule has 7 heteroatoms. The van der Waals surface area contributed by atoms with Crippen LogP contribution in [0.1, 0.15) is 29.1 Å². The summed E-state index contributed by atoms with van der Waals surface area (Å²) in [5.41, 5.74) is 1.89. The maximum Gasteiger partial charge on any atom is 0.243 e. The molecule has 2 saturated heterocycles. The number of carbonyl (C=O) groups is 1. The van der Waals surface area contributed by atoms with Crippen LogP contribution in [0, 0.1) is 6.92 Å². The fourth-order valence-electron chi connectivity index (χ4n) is 4.30.